The Balaban J connectivity index is 2.52. The number of hydrogen-bond acceptors (Lipinski definition) is 2. The number of anilines is 1. The Morgan fingerprint density at radius 2 is 2.00 bits per heavy atom. The second-order valence-electron chi connectivity index (χ2n) is 5.25. The summed E-state index contributed by atoms with van der Waals surface area (Å²) in [6, 6.07) is 4.44. The summed E-state index contributed by atoms with van der Waals surface area (Å²) in [7, 11) is 0. The van der Waals surface area contributed by atoms with Gasteiger partial charge in [-0.2, -0.15) is 0 Å². The van der Waals surface area contributed by atoms with Crippen molar-refractivity contribution in [2.24, 2.45) is 5.92 Å². The minimum atomic E-state index is -0.382. The maximum Gasteiger partial charge on any atom is 0.242 e. The predicted octanol–water partition coefficient (Wildman–Crippen LogP) is 3.10. The highest BCUT2D eigenvalue weighted by molar-refractivity contribution is 5.84. The van der Waals surface area contributed by atoms with Crippen LogP contribution in [0.1, 0.15) is 32.8 Å². The van der Waals surface area contributed by atoms with E-state index in [1.54, 1.807) is 26.0 Å². The third-order valence-electron chi connectivity index (χ3n) is 3.05. The van der Waals surface area contributed by atoms with Crippen LogP contribution in [0.2, 0.25) is 0 Å². The van der Waals surface area contributed by atoms with E-state index >= 15 is 0 Å². The number of carbonyl (C=O) groups excluding carboxylic acids is 1. The van der Waals surface area contributed by atoms with Crippen LogP contribution in [0.4, 0.5) is 10.1 Å². The third-order valence-corrected chi connectivity index (χ3v) is 3.05. The van der Waals surface area contributed by atoms with Crippen molar-refractivity contribution in [3.63, 3.8) is 0 Å². The fraction of sp³-hybridized carbons (Fsp3) is 0.533. The minimum Gasteiger partial charge on any atom is -0.374 e. The predicted molar refractivity (Wildman–Crippen MR) is 76.7 cm³/mol. The van der Waals surface area contributed by atoms with Gasteiger partial charge in [0.05, 0.1) is 0 Å². The van der Waals surface area contributed by atoms with Gasteiger partial charge in [-0.3, -0.25) is 4.79 Å². The van der Waals surface area contributed by atoms with Crippen molar-refractivity contribution in [3.8, 4) is 0 Å². The van der Waals surface area contributed by atoms with Crippen molar-refractivity contribution in [2.45, 2.75) is 40.2 Å². The summed E-state index contributed by atoms with van der Waals surface area (Å²) in [6.07, 6.45) is 0.956. The van der Waals surface area contributed by atoms with Gasteiger partial charge in [0.2, 0.25) is 5.91 Å². The molecule has 1 rings (SSSR count). The van der Waals surface area contributed by atoms with Crippen LogP contribution in [-0.2, 0) is 4.79 Å². The van der Waals surface area contributed by atoms with Gasteiger partial charge in [-0.15, -0.1) is 0 Å². The molecule has 0 aliphatic rings. The van der Waals surface area contributed by atoms with Crippen molar-refractivity contribution in [1.29, 1.82) is 0 Å². The quantitative estimate of drug-likeness (QED) is 0.830. The van der Waals surface area contributed by atoms with E-state index in [2.05, 4.69) is 24.5 Å². The van der Waals surface area contributed by atoms with Gasteiger partial charge in [0, 0.05) is 17.8 Å². The largest absolute Gasteiger partial charge is 0.374 e. The second-order valence-corrected chi connectivity index (χ2v) is 5.25. The summed E-state index contributed by atoms with van der Waals surface area (Å²) < 4.78 is 13.4. The molecule has 0 aliphatic carbocycles. The topological polar surface area (TPSA) is 41.1 Å². The van der Waals surface area contributed by atoms with Gasteiger partial charge >= 0.3 is 0 Å². The lowest BCUT2D eigenvalue weighted by Gasteiger charge is -2.17. The zero-order chi connectivity index (χ0) is 14.4. The van der Waals surface area contributed by atoms with E-state index in [9.17, 15) is 9.18 Å². The van der Waals surface area contributed by atoms with E-state index in [4.69, 9.17) is 0 Å². The molecule has 2 N–H and O–H groups in total. The molecule has 0 aliphatic heterocycles. The summed E-state index contributed by atoms with van der Waals surface area (Å²) in [6.45, 7) is 8.37. The van der Waals surface area contributed by atoms with E-state index in [0.29, 0.717) is 23.7 Å². The van der Waals surface area contributed by atoms with Gasteiger partial charge in [0.15, 0.2) is 0 Å². The lowest BCUT2D eigenvalue weighted by Crippen LogP contribution is -2.38. The molecule has 106 valence electrons. The van der Waals surface area contributed by atoms with Crippen LogP contribution in [0, 0.1) is 18.7 Å². The molecule has 1 unspecified atom stereocenters. The van der Waals surface area contributed by atoms with E-state index in [-0.39, 0.29) is 17.8 Å². The van der Waals surface area contributed by atoms with Crippen molar-refractivity contribution in [1.82, 2.24) is 5.32 Å². The first-order valence-electron chi connectivity index (χ1n) is 6.71. The molecule has 0 fully saturated rings. The van der Waals surface area contributed by atoms with E-state index in [1.807, 2.05) is 0 Å². The molecule has 1 amide bonds. The Labute approximate surface area is 114 Å². The summed E-state index contributed by atoms with van der Waals surface area (Å²) in [5, 5.41) is 5.91. The van der Waals surface area contributed by atoms with E-state index < -0.39 is 0 Å². The molecule has 0 aromatic heterocycles. The number of halogens is 1. The Kier molecular flexibility index (Phi) is 5.80. The first kappa shape index (κ1) is 15.5. The van der Waals surface area contributed by atoms with Crippen LogP contribution in [0.25, 0.3) is 0 Å². The van der Waals surface area contributed by atoms with Crippen LogP contribution in [0.5, 0.6) is 0 Å². The average Bonchev–Trinajstić information content (AvgIpc) is 2.34. The molecule has 0 radical (unpaired) electrons. The van der Waals surface area contributed by atoms with Crippen LogP contribution < -0.4 is 10.6 Å². The molecule has 1 aromatic carbocycles. The normalized spacial score (nSPS) is 12.3. The number of nitrogens with one attached hydrogen (secondary N) is 2. The monoisotopic (exact) mass is 266 g/mol. The van der Waals surface area contributed by atoms with E-state index in [1.165, 1.54) is 6.07 Å². The lowest BCUT2D eigenvalue weighted by atomic mass is 10.1. The van der Waals surface area contributed by atoms with Crippen molar-refractivity contribution in [2.75, 3.05) is 11.9 Å². The first-order chi connectivity index (χ1) is 8.91. The van der Waals surface area contributed by atoms with Crippen molar-refractivity contribution >= 4 is 11.6 Å². The molecule has 1 atom stereocenters. The fourth-order valence-corrected chi connectivity index (χ4v) is 1.70. The van der Waals surface area contributed by atoms with Crippen LogP contribution in [0.3, 0.4) is 0 Å². The van der Waals surface area contributed by atoms with Gasteiger partial charge in [-0.1, -0.05) is 19.9 Å². The second kappa shape index (κ2) is 7.12. The molecule has 0 saturated heterocycles. The Bertz CT molecular complexity index is 432. The summed E-state index contributed by atoms with van der Waals surface area (Å²) in [5.41, 5.74) is 1.19. The standard InChI is InChI=1S/C15H23FN2O/c1-10(2)8-9-17-15(19)12(4)18-14-7-5-6-13(16)11(14)3/h5-7,10,12,18H,8-9H2,1-4H3,(H,17,19). The number of benzene rings is 1. The highest BCUT2D eigenvalue weighted by atomic mass is 19.1. The Morgan fingerprint density at radius 3 is 2.63 bits per heavy atom. The van der Waals surface area contributed by atoms with Gasteiger partial charge in [-0.05, 0) is 38.3 Å². The molecule has 3 nitrogen and oxygen atoms in total. The highest BCUT2D eigenvalue weighted by Gasteiger charge is 2.13. The van der Waals surface area contributed by atoms with Crippen LogP contribution >= 0.6 is 0 Å². The molecular formula is C15H23FN2O. The molecule has 19 heavy (non-hydrogen) atoms. The molecule has 0 saturated carbocycles. The zero-order valence-electron chi connectivity index (χ0n) is 12.1. The summed E-state index contributed by atoms with van der Waals surface area (Å²) in [5.74, 6) is 0.232. The molecule has 1 aromatic rings. The lowest BCUT2D eigenvalue weighted by molar-refractivity contribution is -0.121. The number of carbonyl (C=O) groups is 1. The SMILES string of the molecule is Cc1c(F)cccc1NC(C)C(=O)NCCC(C)C. The van der Waals surface area contributed by atoms with Crippen LogP contribution in [-0.4, -0.2) is 18.5 Å². The first-order valence-corrected chi connectivity index (χ1v) is 6.71. The number of rotatable bonds is 6. The molecule has 0 bridgehead atoms. The highest BCUT2D eigenvalue weighted by Crippen LogP contribution is 2.18. The third kappa shape index (κ3) is 4.89. The maximum absolute atomic E-state index is 13.4. The number of amides is 1. The minimum absolute atomic E-state index is 0.0655. The smallest absolute Gasteiger partial charge is 0.242 e. The summed E-state index contributed by atoms with van der Waals surface area (Å²) in [4.78, 5) is 11.9. The zero-order valence-corrected chi connectivity index (χ0v) is 12.1. The Morgan fingerprint density at radius 1 is 1.32 bits per heavy atom. The van der Waals surface area contributed by atoms with Gasteiger partial charge < -0.3 is 10.6 Å². The molecule has 0 spiro atoms. The average molecular weight is 266 g/mol. The van der Waals surface area contributed by atoms with Gasteiger partial charge in [0.25, 0.3) is 0 Å². The fourth-order valence-electron chi connectivity index (χ4n) is 1.70. The number of hydrogen-bond donors (Lipinski definition) is 2. The van der Waals surface area contributed by atoms with Crippen molar-refractivity contribution in [3.05, 3.63) is 29.6 Å². The van der Waals surface area contributed by atoms with Gasteiger partial charge in [0.1, 0.15) is 11.9 Å². The Hall–Kier alpha value is -1.58. The van der Waals surface area contributed by atoms with Crippen molar-refractivity contribution < 1.29 is 9.18 Å². The molecule has 0 heterocycles. The maximum atomic E-state index is 13.4. The summed E-state index contributed by atoms with van der Waals surface area (Å²) >= 11 is 0. The molecule has 4 heteroatoms. The van der Waals surface area contributed by atoms with Crippen LogP contribution in [0.15, 0.2) is 18.2 Å². The van der Waals surface area contributed by atoms with Gasteiger partial charge in [-0.25, -0.2) is 4.39 Å². The van der Waals surface area contributed by atoms with E-state index in [0.717, 1.165) is 6.42 Å². The molecular weight excluding hydrogens is 243 g/mol.